The lowest BCUT2D eigenvalue weighted by Crippen LogP contribution is -2.38. The van der Waals surface area contributed by atoms with Crippen molar-refractivity contribution < 1.29 is 0 Å². The van der Waals surface area contributed by atoms with E-state index in [1.807, 2.05) is 0 Å². The highest BCUT2D eigenvalue weighted by atomic mass is 15.0. The molecule has 0 aromatic carbocycles. The van der Waals surface area contributed by atoms with Crippen LogP contribution in [-0.2, 0) is 0 Å². The number of hydrogen-bond donors (Lipinski definition) is 1. The summed E-state index contributed by atoms with van der Waals surface area (Å²) in [5.41, 5.74) is 1.01. The molecular weight excluding hydrogens is 182 g/mol. The van der Waals surface area contributed by atoms with Gasteiger partial charge in [0.1, 0.15) is 0 Å². The monoisotopic (exact) mass is 211 g/mol. The predicted octanol–water partition coefficient (Wildman–Crippen LogP) is 3.69. The molecule has 90 valence electrons. The Hall–Kier alpha value is -0.0400. The summed E-state index contributed by atoms with van der Waals surface area (Å²) in [6.45, 7) is 17.8. The van der Waals surface area contributed by atoms with Crippen molar-refractivity contribution in [2.75, 3.05) is 6.54 Å². The van der Waals surface area contributed by atoms with Crippen molar-refractivity contribution in [1.29, 1.82) is 0 Å². The molecule has 1 nitrogen and oxygen atoms in total. The van der Waals surface area contributed by atoms with Crippen molar-refractivity contribution >= 4 is 0 Å². The van der Waals surface area contributed by atoms with Crippen LogP contribution in [0.25, 0.3) is 0 Å². The van der Waals surface area contributed by atoms with Crippen molar-refractivity contribution in [3.8, 4) is 0 Å². The zero-order valence-electron chi connectivity index (χ0n) is 11.6. The fourth-order valence-electron chi connectivity index (χ4n) is 3.19. The van der Waals surface area contributed by atoms with Crippen molar-refractivity contribution in [1.82, 2.24) is 5.32 Å². The third-order valence-electron chi connectivity index (χ3n) is 4.84. The molecule has 0 aromatic heterocycles. The summed E-state index contributed by atoms with van der Waals surface area (Å²) in [5.74, 6) is 1.57. The molecule has 1 N–H and O–H groups in total. The number of hydrogen-bond acceptors (Lipinski definition) is 1. The summed E-state index contributed by atoms with van der Waals surface area (Å²) in [6.07, 6.45) is 1.23. The maximum absolute atomic E-state index is 3.74. The number of rotatable bonds is 5. The van der Waals surface area contributed by atoms with Gasteiger partial charge in [0.2, 0.25) is 0 Å². The van der Waals surface area contributed by atoms with Crippen LogP contribution in [0, 0.1) is 22.7 Å². The molecule has 1 saturated carbocycles. The largest absolute Gasteiger partial charge is 0.313 e. The lowest BCUT2D eigenvalue weighted by Gasteiger charge is -2.24. The van der Waals surface area contributed by atoms with Crippen molar-refractivity contribution in [3.63, 3.8) is 0 Å². The van der Waals surface area contributed by atoms with Gasteiger partial charge >= 0.3 is 0 Å². The second-order valence-electron chi connectivity index (χ2n) is 6.64. The van der Waals surface area contributed by atoms with Gasteiger partial charge in [-0.05, 0) is 35.6 Å². The average molecular weight is 211 g/mol. The van der Waals surface area contributed by atoms with Gasteiger partial charge < -0.3 is 5.32 Å². The molecule has 0 aromatic rings. The highest BCUT2D eigenvalue weighted by Gasteiger charge is 2.67. The molecule has 1 atom stereocenters. The topological polar surface area (TPSA) is 12.0 Å². The highest BCUT2D eigenvalue weighted by Crippen LogP contribution is 2.70. The first-order chi connectivity index (χ1) is 6.76. The molecule has 0 bridgehead atoms. The molecule has 1 rings (SSSR count). The molecule has 15 heavy (non-hydrogen) atoms. The zero-order chi connectivity index (χ0) is 11.9. The van der Waals surface area contributed by atoms with Gasteiger partial charge in [-0.15, -0.1) is 0 Å². The van der Waals surface area contributed by atoms with E-state index in [2.05, 4.69) is 53.8 Å². The van der Waals surface area contributed by atoms with Crippen LogP contribution in [0.1, 0.15) is 54.9 Å². The summed E-state index contributed by atoms with van der Waals surface area (Å²) in [7, 11) is 0. The molecule has 1 heteroatoms. The Labute approximate surface area is 96.0 Å². The quantitative estimate of drug-likeness (QED) is 0.731. The molecule has 0 heterocycles. The Morgan fingerprint density at radius 1 is 1.07 bits per heavy atom. The van der Waals surface area contributed by atoms with Gasteiger partial charge in [0.25, 0.3) is 0 Å². The van der Waals surface area contributed by atoms with E-state index in [4.69, 9.17) is 0 Å². The van der Waals surface area contributed by atoms with Gasteiger partial charge in [0.15, 0.2) is 0 Å². The molecule has 1 unspecified atom stereocenters. The Morgan fingerprint density at radius 2 is 1.53 bits per heavy atom. The second-order valence-corrected chi connectivity index (χ2v) is 6.64. The molecule has 1 fully saturated rings. The molecule has 0 spiro atoms. The molecule has 0 aliphatic heterocycles. The van der Waals surface area contributed by atoms with E-state index in [-0.39, 0.29) is 0 Å². The van der Waals surface area contributed by atoms with Crippen LogP contribution in [0.2, 0.25) is 0 Å². The van der Waals surface area contributed by atoms with Gasteiger partial charge in [0.05, 0.1) is 0 Å². The van der Waals surface area contributed by atoms with Crippen LogP contribution in [0.15, 0.2) is 0 Å². The van der Waals surface area contributed by atoms with Crippen molar-refractivity contribution in [2.24, 2.45) is 22.7 Å². The summed E-state index contributed by atoms with van der Waals surface area (Å²) < 4.78 is 0. The first-order valence-corrected chi connectivity index (χ1v) is 6.50. The normalized spacial score (nSPS) is 25.6. The third kappa shape index (κ3) is 2.08. The minimum absolute atomic E-state index is 0.503. The van der Waals surface area contributed by atoms with Gasteiger partial charge in [-0.1, -0.05) is 48.5 Å². The molecule has 0 saturated heterocycles. The Morgan fingerprint density at radius 3 is 1.80 bits per heavy atom. The molecule has 1 aliphatic rings. The standard InChI is InChI=1S/C14H29N/c1-8-9-15-11(10(2)3)12-13(4,5)14(12,6)7/h10-12,15H,8-9H2,1-7H3. The van der Waals surface area contributed by atoms with E-state index < -0.39 is 0 Å². The Balaban J connectivity index is 2.67. The predicted molar refractivity (Wildman–Crippen MR) is 68.0 cm³/mol. The van der Waals surface area contributed by atoms with Crippen LogP contribution in [0.3, 0.4) is 0 Å². The molecule has 1 aliphatic carbocycles. The summed E-state index contributed by atoms with van der Waals surface area (Å²) in [5, 5.41) is 3.74. The van der Waals surface area contributed by atoms with Crippen LogP contribution in [-0.4, -0.2) is 12.6 Å². The van der Waals surface area contributed by atoms with Gasteiger partial charge in [-0.2, -0.15) is 0 Å². The van der Waals surface area contributed by atoms with E-state index in [1.165, 1.54) is 6.42 Å². The number of nitrogens with one attached hydrogen (secondary N) is 1. The smallest absolute Gasteiger partial charge is 0.0129 e. The summed E-state index contributed by atoms with van der Waals surface area (Å²) in [6, 6.07) is 0.690. The third-order valence-corrected chi connectivity index (χ3v) is 4.84. The van der Waals surface area contributed by atoms with E-state index in [1.54, 1.807) is 0 Å². The van der Waals surface area contributed by atoms with E-state index in [9.17, 15) is 0 Å². The summed E-state index contributed by atoms with van der Waals surface area (Å²) in [4.78, 5) is 0. The van der Waals surface area contributed by atoms with Crippen LogP contribution in [0.5, 0.6) is 0 Å². The molecule has 0 radical (unpaired) electrons. The van der Waals surface area contributed by atoms with E-state index >= 15 is 0 Å². The first kappa shape index (κ1) is 13.0. The highest BCUT2D eigenvalue weighted by molar-refractivity contribution is 5.16. The van der Waals surface area contributed by atoms with E-state index in [0.717, 1.165) is 18.4 Å². The van der Waals surface area contributed by atoms with Gasteiger partial charge in [0, 0.05) is 6.04 Å². The van der Waals surface area contributed by atoms with Crippen LogP contribution < -0.4 is 5.32 Å². The van der Waals surface area contributed by atoms with E-state index in [0.29, 0.717) is 16.9 Å². The Bertz CT molecular complexity index is 201. The second kappa shape index (κ2) is 4.08. The fourth-order valence-corrected chi connectivity index (χ4v) is 3.19. The SMILES string of the molecule is CCCNC(C(C)C)C1C(C)(C)C1(C)C. The minimum Gasteiger partial charge on any atom is -0.313 e. The van der Waals surface area contributed by atoms with Gasteiger partial charge in [-0.3, -0.25) is 0 Å². The molecular formula is C14H29N. The summed E-state index contributed by atoms with van der Waals surface area (Å²) >= 11 is 0. The van der Waals surface area contributed by atoms with Crippen molar-refractivity contribution in [3.05, 3.63) is 0 Å². The lowest BCUT2D eigenvalue weighted by molar-refractivity contribution is 0.317. The fraction of sp³-hybridized carbons (Fsp3) is 1.00. The minimum atomic E-state index is 0.503. The zero-order valence-corrected chi connectivity index (χ0v) is 11.6. The maximum Gasteiger partial charge on any atom is 0.0129 e. The molecule has 0 amide bonds. The maximum atomic E-state index is 3.74. The average Bonchev–Trinajstić information content (AvgIpc) is 2.47. The lowest BCUT2D eigenvalue weighted by atomic mass is 9.94. The first-order valence-electron chi connectivity index (χ1n) is 6.50. The van der Waals surface area contributed by atoms with Crippen LogP contribution in [0.4, 0.5) is 0 Å². The van der Waals surface area contributed by atoms with Gasteiger partial charge in [-0.25, -0.2) is 0 Å². The van der Waals surface area contributed by atoms with Crippen molar-refractivity contribution in [2.45, 2.75) is 60.9 Å². The Kier molecular flexibility index (Phi) is 3.55. The van der Waals surface area contributed by atoms with Crippen LogP contribution >= 0.6 is 0 Å².